The lowest BCUT2D eigenvalue weighted by Gasteiger charge is -2.13. The molecule has 16 heavy (non-hydrogen) atoms. The number of methoxy groups -OCH3 is 1. The molecule has 1 aromatic rings. The predicted molar refractivity (Wildman–Crippen MR) is 67.0 cm³/mol. The lowest BCUT2D eigenvalue weighted by molar-refractivity contribution is 0.187. The van der Waals surface area contributed by atoms with Crippen molar-refractivity contribution in [2.45, 2.75) is 32.9 Å². The number of rotatable bonds is 7. The van der Waals surface area contributed by atoms with Crippen LogP contribution in [0.5, 0.6) is 5.75 Å². The maximum absolute atomic E-state index is 10.1. The largest absolute Gasteiger partial charge is 0.493 e. The van der Waals surface area contributed by atoms with Crippen molar-refractivity contribution in [1.82, 2.24) is 9.78 Å². The summed E-state index contributed by atoms with van der Waals surface area (Å²) in [6, 6.07) is 0. The van der Waals surface area contributed by atoms with Crippen LogP contribution in [0.25, 0.3) is 0 Å². The van der Waals surface area contributed by atoms with Crippen LogP contribution in [0.15, 0.2) is 6.20 Å². The number of hydrogen-bond acceptors (Lipinski definition) is 4. The van der Waals surface area contributed by atoms with Gasteiger partial charge >= 0.3 is 0 Å². The zero-order chi connectivity index (χ0) is 12.0. The third-order valence-corrected chi connectivity index (χ3v) is 3.55. The van der Waals surface area contributed by atoms with Crippen molar-refractivity contribution in [3.8, 4) is 5.75 Å². The van der Waals surface area contributed by atoms with Crippen LogP contribution in [0.4, 0.5) is 0 Å². The SMILES string of the molecule is CCCSCC(O)c1c(OC)cnn1CC. The first-order valence-corrected chi connectivity index (χ1v) is 6.75. The van der Waals surface area contributed by atoms with Crippen LogP contribution in [0.1, 0.15) is 32.1 Å². The van der Waals surface area contributed by atoms with E-state index in [2.05, 4.69) is 12.0 Å². The second-order valence-electron chi connectivity index (χ2n) is 3.50. The van der Waals surface area contributed by atoms with E-state index < -0.39 is 6.10 Å². The van der Waals surface area contributed by atoms with Gasteiger partial charge in [-0.15, -0.1) is 0 Å². The fraction of sp³-hybridized carbons (Fsp3) is 0.727. The number of aromatic nitrogens is 2. The molecule has 0 aromatic carbocycles. The summed E-state index contributed by atoms with van der Waals surface area (Å²) < 4.78 is 6.99. The van der Waals surface area contributed by atoms with Crippen molar-refractivity contribution in [2.24, 2.45) is 0 Å². The van der Waals surface area contributed by atoms with Gasteiger partial charge in [-0.05, 0) is 19.1 Å². The minimum absolute atomic E-state index is 0.506. The minimum Gasteiger partial charge on any atom is -0.493 e. The first-order valence-electron chi connectivity index (χ1n) is 5.60. The summed E-state index contributed by atoms with van der Waals surface area (Å²) in [7, 11) is 1.60. The highest BCUT2D eigenvalue weighted by Gasteiger charge is 2.18. The average molecular weight is 244 g/mol. The first-order chi connectivity index (χ1) is 7.74. The van der Waals surface area contributed by atoms with Gasteiger partial charge in [0, 0.05) is 12.3 Å². The van der Waals surface area contributed by atoms with Gasteiger partial charge in [-0.1, -0.05) is 6.92 Å². The number of thioether (sulfide) groups is 1. The molecule has 0 spiro atoms. The highest BCUT2D eigenvalue weighted by atomic mass is 32.2. The molecule has 0 bridgehead atoms. The van der Waals surface area contributed by atoms with E-state index in [0.29, 0.717) is 11.5 Å². The highest BCUT2D eigenvalue weighted by Crippen LogP contribution is 2.27. The Morgan fingerprint density at radius 2 is 2.31 bits per heavy atom. The van der Waals surface area contributed by atoms with Crippen LogP contribution in [0, 0.1) is 0 Å². The molecule has 1 atom stereocenters. The van der Waals surface area contributed by atoms with E-state index in [9.17, 15) is 5.11 Å². The number of aryl methyl sites for hydroxylation is 1. The van der Waals surface area contributed by atoms with Crippen molar-refractivity contribution in [2.75, 3.05) is 18.6 Å². The Hall–Kier alpha value is -0.680. The second kappa shape index (κ2) is 6.81. The topological polar surface area (TPSA) is 47.3 Å². The number of hydrogen-bond donors (Lipinski definition) is 1. The van der Waals surface area contributed by atoms with Gasteiger partial charge in [-0.3, -0.25) is 4.68 Å². The average Bonchev–Trinajstić information content (AvgIpc) is 2.71. The number of nitrogens with zero attached hydrogens (tertiary/aromatic N) is 2. The van der Waals surface area contributed by atoms with Gasteiger partial charge in [0.1, 0.15) is 11.8 Å². The third kappa shape index (κ3) is 3.15. The molecule has 1 heterocycles. The van der Waals surface area contributed by atoms with E-state index in [-0.39, 0.29) is 0 Å². The molecule has 0 aliphatic carbocycles. The molecule has 92 valence electrons. The van der Waals surface area contributed by atoms with Gasteiger partial charge in [-0.2, -0.15) is 16.9 Å². The minimum atomic E-state index is -0.506. The van der Waals surface area contributed by atoms with E-state index in [1.807, 2.05) is 6.92 Å². The van der Waals surface area contributed by atoms with Crippen molar-refractivity contribution in [3.05, 3.63) is 11.9 Å². The Morgan fingerprint density at radius 3 is 2.88 bits per heavy atom. The normalized spacial score (nSPS) is 12.8. The maximum atomic E-state index is 10.1. The van der Waals surface area contributed by atoms with E-state index >= 15 is 0 Å². The molecule has 0 fully saturated rings. The summed E-state index contributed by atoms with van der Waals surface area (Å²) in [5.41, 5.74) is 0.786. The molecule has 1 aromatic heterocycles. The van der Waals surface area contributed by atoms with Crippen LogP contribution in [-0.2, 0) is 6.54 Å². The fourth-order valence-corrected chi connectivity index (χ4v) is 2.38. The Balaban J connectivity index is 2.71. The number of aliphatic hydroxyl groups is 1. The fourth-order valence-electron chi connectivity index (χ4n) is 1.54. The molecule has 1 unspecified atom stereocenters. The Morgan fingerprint density at radius 1 is 1.56 bits per heavy atom. The predicted octanol–water partition coefficient (Wildman–Crippen LogP) is 2.09. The molecule has 0 amide bonds. The molecule has 0 aliphatic rings. The Bertz CT molecular complexity index is 293. The Kier molecular flexibility index (Phi) is 5.69. The summed E-state index contributed by atoms with van der Waals surface area (Å²) in [5, 5.41) is 14.3. The lowest BCUT2D eigenvalue weighted by atomic mass is 10.2. The molecular weight excluding hydrogens is 224 g/mol. The lowest BCUT2D eigenvalue weighted by Crippen LogP contribution is -2.11. The van der Waals surface area contributed by atoms with E-state index in [4.69, 9.17) is 4.74 Å². The van der Waals surface area contributed by atoms with Gasteiger partial charge < -0.3 is 9.84 Å². The second-order valence-corrected chi connectivity index (χ2v) is 4.65. The van der Waals surface area contributed by atoms with Crippen LogP contribution >= 0.6 is 11.8 Å². The van der Waals surface area contributed by atoms with Gasteiger partial charge in [0.15, 0.2) is 5.75 Å². The molecule has 1 rings (SSSR count). The van der Waals surface area contributed by atoms with Crippen molar-refractivity contribution < 1.29 is 9.84 Å². The van der Waals surface area contributed by atoms with Crippen LogP contribution in [0.3, 0.4) is 0 Å². The van der Waals surface area contributed by atoms with E-state index in [1.165, 1.54) is 0 Å². The smallest absolute Gasteiger partial charge is 0.162 e. The van der Waals surface area contributed by atoms with Gasteiger partial charge in [-0.25, -0.2) is 0 Å². The summed E-state index contributed by atoms with van der Waals surface area (Å²) in [6.45, 7) is 4.88. The van der Waals surface area contributed by atoms with Crippen LogP contribution in [0.2, 0.25) is 0 Å². The van der Waals surface area contributed by atoms with Crippen LogP contribution < -0.4 is 4.74 Å². The van der Waals surface area contributed by atoms with Crippen LogP contribution in [-0.4, -0.2) is 33.5 Å². The summed E-state index contributed by atoms with van der Waals surface area (Å²) in [5.74, 6) is 2.43. The zero-order valence-corrected chi connectivity index (χ0v) is 11.0. The quantitative estimate of drug-likeness (QED) is 0.746. The maximum Gasteiger partial charge on any atom is 0.162 e. The van der Waals surface area contributed by atoms with Gasteiger partial charge in [0.2, 0.25) is 0 Å². The molecule has 4 nitrogen and oxygen atoms in total. The summed E-state index contributed by atoms with van der Waals surface area (Å²) >= 11 is 1.75. The molecule has 5 heteroatoms. The molecule has 0 saturated carbocycles. The van der Waals surface area contributed by atoms with Crippen molar-refractivity contribution >= 4 is 11.8 Å². The van der Waals surface area contributed by atoms with E-state index in [1.54, 1.807) is 29.8 Å². The van der Waals surface area contributed by atoms with Gasteiger partial charge in [0.25, 0.3) is 0 Å². The molecule has 0 saturated heterocycles. The van der Waals surface area contributed by atoms with E-state index in [0.717, 1.165) is 24.4 Å². The number of ether oxygens (including phenoxy) is 1. The molecule has 1 N–H and O–H groups in total. The summed E-state index contributed by atoms with van der Waals surface area (Å²) in [6.07, 6.45) is 2.28. The molecular formula is C11H20N2O2S. The van der Waals surface area contributed by atoms with Crippen molar-refractivity contribution in [1.29, 1.82) is 0 Å². The van der Waals surface area contributed by atoms with Gasteiger partial charge in [0.05, 0.1) is 13.3 Å². The van der Waals surface area contributed by atoms with Crippen molar-refractivity contribution in [3.63, 3.8) is 0 Å². The molecule has 0 radical (unpaired) electrons. The Labute approximate surface area is 101 Å². The summed E-state index contributed by atoms with van der Waals surface area (Å²) in [4.78, 5) is 0. The highest BCUT2D eigenvalue weighted by molar-refractivity contribution is 7.99. The molecule has 0 aliphatic heterocycles. The third-order valence-electron chi connectivity index (χ3n) is 2.30. The monoisotopic (exact) mass is 244 g/mol. The first kappa shape index (κ1) is 13.4. The standard InChI is InChI=1S/C11H20N2O2S/c1-4-6-16-8-9(14)11-10(15-3)7-12-13(11)5-2/h7,9,14H,4-6,8H2,1-3H3. The number of aliphatic hydroxyl groups excluding tert-OH is 1. The zero-order valence-electron chi connectivity index (χ0n) is 10.1.